The molecule has 2 rings (SSSR count). The summed E-state index contributed by atoms with van der Waals surface area (Å²) in [7, 11) is 0. The van der Waals surface area contributed by atoms with Gasteiger partial charge in [0, 0.05) is 0 Å². The van der Waals surface area contributed by atoms with Crippen molar-refractivity contribution >= 4 is 5.97 Å². The smallest absolute Gasteiger partial charge is 0.314 e. The normalized spacial score (nSPS) is 24.0. The molecule has 0 aromatic heterocycles. The summed E-state index contributed by atoms with van der Waals surface area (Å²) < 4.78 is 5.53. The Bertz CT molecular complexity index is 548. The van der Waals surface area contributed by atoms with Gasteiger partial charge in [-0.05, 0) is 56.2 Å². The second-order valence-corrected chi connectivity index (χ2v) is 6.73. The Balaban J connectivity index is 1.89. The van der Waals surface area contributed by atoms with Gasteiger partial charge in [-0.25, -0.2) is 0 Å². The summed E-state index contributed by atoms with van der Waals surface area (Å²) in [6.45, 7) is 4.26. The number of esters is 1. The first-order valence-corrected chi connectivity index (χ1v) is 8.84. The third-order valence-corrected chi connectivity index (χ3v) is 4.92. The molecule has 0 bridgehead atoms. The van der Waals surface area contributed by atoms with E-state index in [9.17, 15) is 10.1 Å². The van der Waals surface area contributed by atoms with Crippen molar-refractivity contribution in [2.75, 3.05) is 0 Å². The van der Waals surface area contributed by atoms with Gasteiger partial charge in [0.2, 0.25) is 0 Å². The molecule has 124 valence electrons. The van der Waals surface area contributed by atoms with Crippen LogP contribution in [0.2, 0.25) is 0 Å². The summed E-state index contributed by atoms with van der Waals surface area (Å²) in [5, 5.41) is 9.44. The van der Waals surface area contributed by atoms with Gasteiger partial charge in [0.1, 0.15) is 5.75 Å². The summed E-state index contributed by atoms with van der Waals surface area (Å²) in [4.78, 5) is 12.3. The molecule has 0 atom stereocenters. The Kier molecular flexibility index (Phi) is 6.21. The first kappa shape index (κ1) is 17.5. The van der Waals surface area contributed by atoms with Crippen LogP contribution < -0.4 is 4.74 Å². The Morgan fingerprint density at radius 2 is 1.87 bits per heavy atom. The van der Waals surface area contributed by atoms with Crippen molar-refractivity contribution in [3.05, 3.63) is 29.8 Å². The highest BCUT2D eigenvalue weighted by atomic mass is 16.5. The fourth-order valence-corrected chi connectivity index (χ4v) is 3.51. The number of carbonyl (C=O) groups excluding carboxylic acids is 1. The van der Waals surface area contributed by atoms with Crippen molar-refractivity contribution < 1.29 is 9.53 Å². The molecular formula is C20H27NO2. The molecule has 0 heterocycles. The minimum atomic E-state index is -0.215. The lowest BCUT2D eigenvalue weighted by Gasteiger charge is -2.33. The van der Waals surface area contributed by atoms with Gasteiger partial charge in [0.15, 0.2) is 0 Å². The SMILES string of the molecule is CCCc1ccc(OC(=O)C2CCC(C#N)(CCC)CC2)cc1. The van der Waals surface area contributed by atoms with Crippen LogP contribution in [0.15, 0.2) is 24.3 Å². The number of ether oxygens (including phenoxy) is 1. The van der Waals surface area contributed by atoms with Crippen LogP contribution in [0.5, 0.6) is 5.75 Å². The lowest BCUT2D eigenvalue weighted by Crippen LogP contribution is -2.31. The Labute approximate surface area is 139 Å². The second kappa shape index (κ2) is 8.15. The van der Waals surface area contributed by atoms with Crippen LogP contribution in [0.3, 0.4) is 0 Å². The summed E-state index contributed by atoms with van der Waals surface area (Å²) in [6.07, 6.45) is 7.26. The van der Waals surface area contributed by atoms with Gasteiger partial charge in [-0.2, -0.15) is 5.26 Å². The van der Waals surface area contributed by atoms with E-state index in [1.807, 2.05) is 24.3 Å². The van der Waals surface area contributed by atoms with Crippen LogP contribution in [0, 0.1) is 22.7 Å². The lowest BCUT2D eigenvalue weighted by atomic mass is 9.69. The summed E-state index contributed by atoms with van der Waals surface area (Å²) >= 11 is 0. The molecule has 0 radical (unpaired) electrons. The number of benzene rings is 1. The number of rotatable bonds is 6. The molecule has 1 saturated carbocycles. The van der Waals surface area contributed by atoms with Gasteiger partial charge in [0.05, 0.1) is 17.4 Å². The van der Waals surface area contributed by atoms with Gasteiger partial charge in [-0.15, -0.1) is 0 Å². The fourth-order valence-electron chi connectivity index (χ4n) is 3.51. The minimum Gasteiger partial charge on any atom is -0.426 e. The highest BCUT2D eigenvalue weighted by Gasteiger charge is 2.37. The number of nitriles is 1. The highest BCUT2D eigenvalue weighted by molar-refractivity contribution is 5.75. The van der Waals surface area contributed by atoms with Crippen LogP contribution in [0.25, 0.3) is 0 Å². The first-order valence-electron chi connectivity index (χ1n) is 8.84. The molecule has 3 heteroatoms. The molecule has 1 fully saturated rings. The van der Waals surface area contributed by atoms with Gasteiger partial charge >= 0.3 is 5.97 Å². The van der Waals surface area contributed by atoms with Crippen LogP contribution >= 0.6 is 0 Å². The van der Waals surface area contributed by atoms with Crippen molar-refractivity contribution in [1.29, 1.82) is 5.26 Å². The number of hydrogen-bond donors (Lipinski definition) is 0. The average Bonchev–Trinajstić information content (AvgIpc) is 2.58. The zero-order valence-corrected chi connectivity index (χ0v) is 14.3. The molecule has 1 aromatic carbocycles. The quantitative estimate of drug-likeness (QED) is 0.546. The summed E-state index contributed by atoms with van der Waals surface area (Å²) in [5.41, 5.74) is 1.05. The minimum absolute atomic E-state index is 0.0661. The van der Waals surface area contributed by atoms with Crippen LogP contribution in [-0.4, -0.2) is 5.97 Å². The van der Waals surface area contributed by atoms with E-state index in [-0.39, 0.29) is 17.3 Å². The zero-order chi connectivity index (χ0) is 16.7. The predicted molar refractivity (Wildman–Crippen MR) is 91.0 cm³/mol. The van der Waals surface area contributed by atoms with Crippen LogP contribution in [0.1, 0.15) is 64.4 Å². The molecule has 1 aromatic rings. The van der Waals surface area contributed by atoms with Crippen molar-refractivity contribution in [3.63, 3.8) is 0 Å². The molecule has 0 aliphatic heterocycles. The van der Waals surface area contributed by atoms with E-state index in [4.69, 9.17) is 4.74 Å². The zero-order valence-electron chi connectivity index (χ0n) is 14.3. The van der Waals surface area contributed by atoms with Gasteiger partial charge < -0.3 is 4.74 Å². The van der Waals surface area contributed by atoms with Crippen molar-refractivity contribution in [2.24, 2.45) is 11.3 Å². The average molecular weight is 313 g/mol. The van der Waals surface area contributed by atoms with E-state index in [0.717, 1.165) is 51.4 Å². The van der Waals surface area contributed by atoms with E-state index < -0.39 is 0 Å². The summed E-state index contributed by atoms with van der Waals surface area (Å²) in [5.74, 6) is 0.417. The van der Waals surface area contributed by atoms with Crippen LogP contribution in [-0.2, 0) is 11.2 Å². The number of aryl methyl sites for hydroxylation is 1. The van der Waals surface area contributed by atoms with Crippen molar-refractivity contribution in [1.82, 2.24) is 0 Å². The molecule has 3 nitrogen and oxygen atoms in total. The maximum Gasteiger partial charge on any atom is 0.314 e. The molecule has 0 amide bonds. The third-order valence-electron chi connectivity index (χ3n) is 4.92. The largest absolute Gasteiger partial charge is 0.426 e. The molecule has 0 saturated heterocycles. The Morgan fingerprint density at radius 1 is 1.22 bits per heavy atom. The highest BCUT2D eigenvalue weighted by Crippen LogP contribution is 2.42. The number of hydrogen-bond acceptors (Lipinski definition) is 3. The Morgan fingerprint density at radius 3 is 2.39 bits per heavy atom. The molecule has 23 heavy (non-hydrogen) atoms. The van der Waals surface area contributed by atoms with Crippen LogP contribution in [0.4, 0.5) is 0 Å². The standard InChI is InChI=1S/C20H27NO2/c1-3-5-16-6-8-18(9-7-16)23-19(22)17-10-13-20(15-21,12-4-2)14-11-17/h6-9,17H,3-5,10-14H2,1-2H3. The van der Waals surface area contributed by atoms with E-state index in [2.05, 4.69) is 19.9 Å². The van der Waals surface area contributed by atoms with Crippen molar-refractivity contribution in [2.45, 2.75) is 65.2 Å². The van der Waals surface area contributed by atoms with E-state index >= 15 is 0 Å². The van der Waals surface area contributed by atoms with E-state index in [0.29, 0.717) is 5.75 Å². The monoisotopic (exact) mass is 313 g/mol. The molecule has 1 aliphatic rings. The second-order valence-electron chi connectivity index (χ2n) is 6.73. The molecule has 0 spiro atoms. The third kappa shape index (κ3) is 4.58. The van der Waals surface area contributed by atoms with Crippen molar-refractivity contribution in [3.8, 4) is 11.8 Å². The molecule has 0 N–H and O–H groups in total. The van der Waals surface area contributed by atoms with Gasteiger partial charge in [0.25, 0.3) is 0 Å². The molecular weight excluding hydrogens is 286 g/mol. The van der Waals surface area contributed by atoms with Gasteiger partial charge in [-0.3, -0.25) is 4.79 Å². The summed E-state index contributed by atoms with van der Waals surface area (Å²) in [6, 6.07) is 10.3. The number of nitrogens with zero attached hydrogens (tertiary/aromatic N) is 1. The maximum absolute atomic E-state index is 12.3. The predicted octanol–water partition coefficient (Wildman–Crippen LogP) is 5.04. The first-order chi connectivity index (χ1) is 11.1. The molecule has 0 unspecified atom stereocenters. The maximum atomic E-state index is 12.3. The fraction of sp³-hybridized carbons (Fsp3) is 0.600. The Hall–Kier alpha value is -1.82. The van der Waals surface area contributed by atoms with E-state index in [1.165, 1.54) is 5.56 Å². The van der Waals surface area contributed by atoms with Gasteiger partial charge in [-0.1, -0.05) is 38.8 Å². The number of carbonyl (C=O) groups is 1. The lowest BCUT2D eigenvalue weighted by molar-refractivity contribution is -0.140. The molecule has 1 aliphatic carbocycles. The topological polar surface area (TPSA) is 50.1 Å². The van der Waals surface area contributed by atoms with E-state index in [1.54, 1.807) is 0 Å².